The lowest BCUT2D eigenvalue weighted by molar-refractivity contribution is -0.136. The summed E-state index contributed by atoms with van der Waals surface area (Å²) in [4.78, 5) is 26.9. The summed E-state index contributed by atoms with van der Waals surface area (Å²) in [5, 5.41) is 0.572. The number of aldehydes is 1. The number of esters is 1. The van der Waals surface area contributed by atoms with Gasteiger partial charge in [0.2, 0.25) is 0 Å². The lowest BCUT2D eigenvalue weighted by Crippen LogP contribution is -2.20. The van der Waals surface area contributed by atoms with Crippen LogP contribution >= 0.6 is 11.6 Å². The van der Waals surface area contributed by atoms with Crippen LogP contribution in [0.25, 0.3) is 0 Å². The lowest BCUT2D eigenvalue weighted by Gasteiger charge is -2.21. The number of methoxy groups -OCH3 is 1. The van der Waals surface area contributed by atoms with Crippen LogP contribution in [0.15, 0.2) is 48.8 Å². The number of hydrogen-bond donors (Lipinski definition) is 0. The minimum atomic E-state index is -0.586. The molecule has 0 aliphatic carbocycles. The van der Waals surface area contributed by atoms with Crippen LogP contribution < -0.4 is 0 Å². The van der Waals surface area contributed by atoms with Crippen LogP contribution in [0.2, 0.25) is 5.02 Å². The number of carbonyl (C=O) groups excluding carboxylic acids is 2. The van der Waals surface area contributed by atoms with E-state index < -0.39 is 12.0 Å². The molecule has 0 bridgehead atoms. The quantitative estimate of drug-likeness (QED) is 0.484. The zero-order chi connectivity index (χ0) is 15.4. The van der Waals surface area contributed by atoms with Crippen LogP contribution in [0.4, 0.5) is 0 Å². The Balaban J connectivity index is 2.54. The summed E-state index contributed by atoms with van der Waals surface area (Å²) < 4.78 is 6.29. The first-order valence-corrected chi connectivity index (χ1v) is 6.47. The van der Waals surface area contributed by atoms with Crippen molar-refractivity contribution in [2.24, 2.45) is 0 Å². The van der Waals surface area contributed by atoms with E-state index >= 15 is 0 Å². The maximum Gasteiger partial charge on any atom is 0.335 e. The Kier molecular flexibility index (Phi) is 4.55. The van der Waals surface area contributed by atoms with Gasteiger partial charge in [0.1, 0.15) is 0 Å². The zero-order valence-electron chi connectivity index (χ0n) is 11.3. The molecule has 21 heavy (non-hydrogen) atoms. The molecule has 0 aliphatic heterocycles. The first kappa shape index (κ1) is 15.0. The van der Waals surface area contributed by atoms with Gasteiger partial charge in [-0.25, -0.2) is 9.78 Å². The average Bonchev–Trinajstić information content (AvgIpc) is 2.96. The van der Waals surface area contributed by atoms with Gasteiger partial charge in [-0.2, -0.15) is 0 Å². The van der Waals surface area contributed by atoms with Crippen molar-refractivity contribution in [1.29, 1.82) is 0 Å². The van der Waals surface area contributed by atoms with Gasteiger partial charge >= 0.3 is 5.97 Å². The van der Waals surface area contributed by atoms with Gasteiger partial charge in [0, 0.05) is 17.4 Å². The predicted molar refractivity (Wildman–Crippen MR) is 78.4 cm³/mol. The Hall–Kier alpha value is -2.40. The molecule has 2 aromatic rings. The number of aromatic nitrogens is 2. The number of nitrogens with zero attached hydrogens (tertiary/aromatic N) is 2. The molecule has 1 aromatic heterocycles. The van der Waals surface area contributed by atoms with E-state index in [4.69, 9.17) is 16.3 Å². The molecule has 0 fully saturated rings. The number of rotatable bonds is 5. The van der Waals surface area contributed by atoms with Crippen molar-refractivity contribution in [3.05, 3.63) is 65.2 Å². The van der Waals surface area contributed by atoms with Crippen LogP contribution in [-0.2, 0) is 9.53 Å². The fourth-order valence-electron chi connectivity index (χ4n) is 2.05. The van der Waals surface area contributed by atoms with E-state index in [0.717, 1.165) is 5.56 Å². The van der Waals surface area contributed by atoms with E-state index in [-0.39, 0.29) is 11.4 Å². The molecule has 0 saturated heterocycles. The Morgan fingerprint density at radius 2 is 2.10 bits per heavy atom. The van der Waals surface area contributed by atoms with Gasteiger partial charge < -0.3 is 9.30 Å². The van der Waals surface area contributed by atoms with Crippen molar-refractivity contribution in [3.8, 4) is 0 Å². The molecule has 0 saturated carbocycles. The molecule has 1 aromatic carbocycles. The monoisotopic (exact) mass is 304 g/mol. The van der Waals surface area contributed by atoms with Gasteiger partial charge in [-0.1, -0.05) is 30.3 Å². The largest absolute Gasteiger partial charge is 0.466 e. The van der Waals surface area contributed by atoms with E-state index in [2.05, 4.69) is 11.6 Å². The molecule has 0 radical (unpaired) electrons. The number of carbonyl (C=O) groups is 2. The highest BCUT2D eigenvalue weighted by Gasteiger charge is 2.25. The molecule has 108 valence electrons. The smallest absolute Gasteiger partial charge is 0.335 e. The first-order valence-electron chi connectivity index (χ1n) is 6.09. The van der Waals surface area contributed by atoms with E-state index in [0.29, 0.717) is 11.3 Å². The van der Waals surface area contributed by atoms with Crippen LogP contribution in [0, 0.1) is 0 Å². The molecule has 0 N–H and O–H groups in total. The second-order valence-electron chi connectivity index (χ2n) is 4.28. The third-order valence-corrected chi connectivity index (χ3v) is 3.30. The van der Waals surface area contributed by atoms with Crippen LogP contribution in [0.5, 0.6) is 0 Å². The molecular formula is C15H13ClN2O3. The standard InChI is InChI=1S/C15H13ClN2O3/c1-10(15(20)21-2)14(11-3-5-12(16)6-4-11)18-8-7-17-13(18)9-19/h3-9,14H,1H2,2H3. The summed E-state index contributed by atoms with van der Waals surface area (Å²) in [6.07, 6.45) is 3.71. The third kappa shape index (κ3) is 3.03. The van der Waals surface area contributed by atoms with Crippen molar-refractivity contribution in [3.63, 3.8) is 0 Å². The third-order valence-electron chi connectivity index (χ3n) is 3.05. The molecule has 0 aliphatic rings. The highest BCUT2D eigenvalue weighted by Crippen LogP contribution is 2.28. The summed E-state index contributed by atoms with van der Waals surface area (Å²) in [5.41, 5.74) is 0.942. The van der Waals surface area contributed by atoms with Gasteiger partial charge in [0.15, 0.2) is 12.1 Å². The topological polar surface area (TPSA) is 61.2 Å². The Morgan fingerprint density at radius 1 is 1.43 bits per heavy atom. The minimum Gasteiger partial charge on any atom is -0.466 e. The van der Waals surface area contributed by atoms with Gasteiger partial charge in [-0.3, -0.25) is 4.79 Å². The fraction of sp³-hybridized carbons (Fsp3) is 0.133. The molecule has 0 spiro atoms. The summed E-state index contributed by atoms with van der Waals surface area (Å²) in [5.74, 6) is -0.361. The first-order chi connectivity index (χ1) is 10.1. The molecule has 1 heterocycles. The number of imidazole rings is 1. The van der Waals surface area contributed by atoms with Crippen LogP contribution in [-0.4, -0.2) is 28.9 Å². The predicted octanol–water partition coefficient (Wildman–Crippen LogP) is 2.67. The van der Waals surface area contributed by atoms with Gasteiger partial charge in [0.25, 0.3) is 0 Å². The van der Waals surface area contributed by atoms with Crippen molar-refractivity contribution >= 4 is 23.9 Å². The van der Waals surface area contributed by atoms with Gasteiger partial charge in [-0.05, 0) is 17.7 Å². The Labute approximate surface area is 126 Å². The molecule has 1 atom stereocenters. The summed E-state index contributed by atoms with van der Waals surface area (Å²) >= 11 is 5.88. The van der Waals surface area contributed by atoms with Crippen molar-refractivity contribution in [1.82, 2.24) is 9.55 Å². The molecule has 5 nitrogen and oxygen atoms in total. The van der Waals surface area contributed by atoms with Gasteiger partial charge in [0.05, 0.1) is 18.7 Å². The average molecular weight is 305 g/mol. The molecule has 2 rings (SSSR count). The maximum absolute atomic E-state index is 11.8. The Morgan fingerprint density at radius 3 is 2.67 bits per heavy atom. The second-order valence-corrected chi connectivity index (χ2v) is 4.72. The van der Waals surface area contributed by atoms with Crippen LogP contribution in [0.1, 0.15) is 22.2 Å². The molecule has 1 unspecified atom stereocenters. The lowest BCUT2D eigenvalue weighted by atomic mass is 9.99. The number of benzene rings is 1. The van der Waals surface area contributed by atoms with Crippen molar-refractivity contribution < 1.29 is 14.3 Å². The second kappa shape index (κ2) is 6.37. The van der Waals surface area contributed by atoms with E-state index in [1.54, 1.807) is 35.0 Å². The van der Waals surface area contributed by atoms with E-state index in [1.165, 1.54) is 13.3 Å². The fourth-order valence-corrected chi connectivity index (χ4v) is 2.18. The zero-order valence-corrected chi connectivity index (χ0v) is 12.1. The van der Waals surface area contributed by atoms with Crippen molar-refractivity contribution in [2.45, 2.75) is 6.04 Å². The van der Waals surface area contributed by atoms with Crippen molar-refractivity contribution in [2.75, 3.05) is 7.11 Å². The van der Waals surface area contributed by atoms with E-state index in [1.807, 2.05) is 0 Å². The molecular weight excluding hydrogens is 292 g/mol. The number of halogens is 1. The number of hydrogen-bond acceptors (Lipinski definition) is 4. The maximum atomic E-state index is 11.8. The minimum absolute atomic E-state index is 0.194. The van der Waals surface area contributed by atoms with Crippen LogP contribution in [0.3, 0.4) is 0 Å². The summed E-state index contributed by atoms with van der Waals surface area (Å²) in [6.45, 7) is 3.78. The van der Waals surface area contributed by atoms with Gasteiger partial charge in [-0.15, -0.1) is 0 Å². The highest BCUT2D eigenvalue weighted by atomic mass is 35.5. The summed E-state index contributed by atoms with van der Waals surface area (Å²) in [7, 11) is 1.28. The normalized spacial score (nSPS) is 11.7. The molecule has 0 amide bonds. The van der Waals surface area contributed by atoms with E-state index in [9.17, 15) is 9.59 Å². The molecule has 6 heteroatoms. The highest BCUT2D eigenvalue weighted by molar-refractivity contribution is 6.30. The summed E-state index contributed by atoms with van der Waals surface area (Å²) in [6, 6.07) is 6.33. The SMILES string of the molecule is C=C(C(=O)OC)C(c1ccc(Cl)cc1)n1ccnc1C=O. The Bertz CT molecular complexity index is 676. The number of ether oxygens (including phenoxy) is 1.